The van der Waals surface area contributed by atoms with Crippen LogP contribution in [0.4, 0.5) is 0 Å². The molecular weight excluding hydrogens is 508 g/mol. The minimum Gasteiger partial charge on any atom is -0.497 e. The smallest absolute Gasteiger partial charge is 0.283 e. The quantitative estimate of drug-likeness (QED) is 0.310. The Bertz CT molecular complexity index is 1420. The summed E-state index contributed by atoms with van der Waals surface area (Å²) in [5, 5.41) is 8.12. The van der Waals surface area contributed by atoms with Crippen LogP contribution in [0.15, 0.2) is 57.4 Å². The van der Waals surface area contributed by atoms with Crippen molar-refractivity contribution in [1.29, 1.82) is 5.41 Å². The molecule has 36 heavy (non-hydrogen) atoms. The van der Waals surface area contributed by atoms with Crippen molar-refractivity contribution < 1.29 is 32.2 Å². The van der Waals surface area contributed by atoms with Crippen molar-refractivity contribution in [3.8, 4) is 23.0 Å². The van der Waals surface area contributed by atoms with E-state index in [1.807, 2.05) is 18.2 Å². The molecule has 188 valence electrons. The molecule has 0 aromatic heterocycles. The molecule has 1 amide bonds. The first-order chi connectivity index (χ1) is 17.2. The maximum absolute atomic E-state index is 12.5. The van der Waals surface area contributed by atoms with E-state index in [0.29, 0.717) is 28.6 Å². The van der Waals surface area contributed by atoms with Gasteiger partial charge in [0.05, 0.1) is 31.7 Å². The van der Waals surface area contributed by atoms with Crippen molar-refractivity contribution in [2.45, 2.75) is 0 Å². The molecule has 0 spiro atoms. The SMILES string of the molecule is COc1cccc(OCCOc2ccc(/C=C3/C(=N)N4C(=NC3=O)SN=C4S(C)(=O)=O)cc2OC)c1. The van der Waals surface area contributed by atoms with Gasteiger partial charge in [0.1, 0.15) is 30.5 Å². The molecule has 0 bridgehead atoms. The Morgan fingerprint density at radius 3 is 2.50 bits per heavy atom. The predicted molar refractivity (Wildman–Crippen MR) is 137 cm³/mol. The normalized spacial score (nSPS) is 16.4. The summed E-state index contributed by atoms with van der Waals surface area (Å²) in [4.78, 5) is 17.5. The van der Waals surface area contributed by atoms with E-state index < -0.39 is 15.7 Å². The van der Waals surface area contributed by atoms with Gasteiger partial charge < -0.3 is 18.9 Å². The Morgan fingerprint density at radius 1 is 1.03 bits per heavy atom. The van der Waals surface area contributed by atoms with Crippen LogP contribution >= 0.6 is 11.9 Å². The zero-order valence-corrected chi connectivity index (χ0v) is 21.2. The molecule has 1 N–H and O–H groups in total. The fourth-order valence-electron chi connectivity index (χ4n) is 3.30. The van der Waals surface area contributed by atoms with Crippen LogP contribution in [0.25, 0.3) is 6.08 Å². The highest BCUT2D eigenvalue weighted by molar-refractivity contribution is 8.16. The summed E-state index contributed by atoms with van der Waals surface area (Å²) in [6.45, 7) is 0.529. The Kier molecular flexibility index (Phi) is 7.31. The summed E-state index contributed by atoms with van der Waals surface area (Å²) in [6.07, 6.45) is 2.42. The lowest BCUT2D eigenvalue weighted by Gasteiger charge is -2.23. The first kappa shape index (κ1) is 25.3. The van der Waals surface area contributed by atoms with Crippen molar-refractivity contribution >= 4 is 49.9 Å². The topological polar surface area (TPSA) is 140 Å². The highest BCUT2D eigenvalue weighted by Crippen LogP contribution is 2.32. The molecular formula is C23H22N4O7S2. The lowest BCUT2D eigenvalue weighted by molar-refractivity contribution is -0.114. The first-order valence-corrected chi connectivity index (χ1v) is 13.1. The number of amidine groups is 3. The Hall–Kier alpha value is -3.84. The molecule has 2 aliphatic rings. The fourth-order valence-corrected chi connectivity index (χ4v) is 5.14. The van der Waals surface area contributed by atoms with Crippen LogP contribution in [0.1, 0.15) is 5.56 Å². The zero-order valence-electron chi connectivity index (χ0n) is 19.5. The average molecular weight is 531 g/mol. The van der Waals surface area contributed by atoms with Crippen molar-refractivity contribution in [2.75, 3.05) is 33.7 Å². The van der Waals surface area contributed by atoms with Gasteiger partial charge in [-0.15, -0.1) is 0 Å². The largest absolute Gasteiger partial charge is 0.497 e. The molecule has 0 fully saturated rings. The molecule has 2 heterocycles. The van der Waals surface area contributed by atoms with Gasteiger partial charge in [0.25, 0.3) is 5.91 Å². The number of hydrogen-bond acceptors (Lipinski definition) is 10. The van der Waals surface area contributed by atoms with Gasteiger partial charge in [-0.2, -0.15) is 9.39 Å². The van der Waals surface area contributed by atoms with E-state index in [1.54, 1.807) is 31.4 Å². The summed E-state index contributed by atoms with van der Waals surface area (Å²) in [5.74, 6) is 1.21. The molecule has 0 saturated carbocycles. The average Bonchev–Trinajstić information content (AvgIpc) is 3.29. The number of sulfone groups is 1. The molecule has 0 saturated heterocycles. The minimum absolute atomic E-state index is 0.0278. The van der Waals surface area contributed by atoms with Gasteiger partial charge >= 0.3 is 0 Å². The number of carbonyl (C=O) groups excluding carboxylic acids is 1. The minimum atomic E-state index is -3.73. The number of carbonyl (C=O) groups is 1. The van der Waals surface area contributed by atoms with Crippen LogP contribution in [-0.2, 0) is 14.6 Å². The first-order valence-electron chi connectivity index (χ1n) is 10.5. The van der Waals surface area contributed by atoms with Crippen LogP contribution in [0.2, 0.25) is 0 Å². The molecule has 2 aromatic rings. The summed E-state index contributed by atoms with van der Waals surface area (Å²) in [5.41, 5.74) is 0.447. The van der Waals surface area contributed by atoms with Crippen LogP contribution in [0.5, 0.6) is 23.0 Å². The third kappa shape index (κ3) is 5.36. The maximum Gasteiger partial charge on any atom is 0.283 e. The number of aliphatic imine (C=N–C) groups is 1. The van der Waals surface area contributed by atoms with E-state index in [9.17, 15) is 13.2 Å². The fraction of sp³-hybridized carbons (Fsp3) is 0.217. The van der Waals surface area contributed by atoms with Crippen LogP contribution in [-0.4, -0.2) is 69.1 Å². The summed E-state index contributed by atoms with van der Waals surface area (Å²) in [6, 6.07) is 12.2. The second-order valence-corrected chi connectivity index (χ2v) is 10.1. The van der Waals surface area contributed by atoms with Crippen LogP contribution in [0, 0.1) is 5.41 Å². The lowest BCUT2D eigenvalue weighted by atomic mass is 10.1. The highest BCUT2D eigenvalue weighted by Gasteiger charge is 2.41. The molecule has 4 rings (SSSR count). The zero-order chi connectivity index (χ0) is 25.9. The van der Waals surface area contributed by atoms with Crippen molar-refractivity contribution in [1.82, 2.24) is 4.90 Å². The van der Waals surface area contributed by atoms with Gasteiger partial charge in [-0.05, 0) is 35.9 Å². The molecule has 2 aliphatic heterocycles. The van der Waals surface area contributed by atoms with Gasteiger partial charge in [-0.25, -0.2) is 13.3 Å². The van der Waals surface area contributed by atoms with Gasteiger partial charge in [0, 0.05) is 12.3 Å². The molecule has 2 aromatic carbocycles. The number of nitrogens with one attached hydrogen (secondary N) is 1. The standard InChI is InChI=1S/C23H22N4O7S2/c1-31-15-5-4-6-16(13-15)33-9-10-34-18-8-7-14(12-19(18)32-2)11-17-20(24)27-22(25-21(17)28)35-26-23(27)36(3,29)30/h4-8,11-13,24H,9-10H2,1-3H3/b17-11-,24-20?. The van der Waals surface area contributed by atoms with Gasteiger partial charge in [0.2, 0.25) is 20.2 Å². The maximum atomic E-state index is 12.5. The molecule has 0 aliphatic carbocycles. The van der Waals surface area contributed by atoms with Gasteiger partial charge in [0.15, 0.2) is 11.5 Å². The van der Waals surface area contributed by atoms with E-state index in [-0.39, 0.29) is 35.0 Å². The van der Waals surface area contributed by atoms with Crippen molar-refractivity contribution in [3.05, 3.63) is 53.6 Å². The number of ether oxygens (including phenoxy) is 4. The van der Waals surface area contributed by atoms with E-state index in [0.717, 1.165) is 23.1 Å². The molecule has 11 nitrogen and oxygen atoms in total. The van der Waals surface area contributed by atoms with E-state index in [2.05, 4.69) is 9.39 Å². The lowest BCUT2D eigenvalue weighted by Crippen LogP contribution is -2.45. The van der Waals surface area contributed by atoms with Gasteiger partial charge in [-0.1, -0.05) is 12.1 Å². The third-order valence-corrected chi connectivity index (χ3v) is 6.73. The van der Waals surface area contributed by atoms with Crippen LogP contribution in [0.3, 0.4) is 0 Å². The second kappa shape index (κ2) is 10.4. The Labute approximate surface area is 212 Å². The number of rotatable bonds is 8. The second-order valence-electron chi connectivity index (χ2n) is 7.47. The Balaban J connectivity index is 1.47. The van der Waals surface area contributed by atoms with Gasteiger partial charge in [-0.3, -0.25) is 10.2 Å². The van der Waals surface area contributed by atoms with E-state index in [4.69, 9.17) is 24.4 Å². The third-order valence-electron chi connectivity index (χ3n) is 4.98. The number of methoxy groups -OCH3 is 2. The number of benzene rings is 2. The number of fused-ring (bicyclic) bond motifs is 1. The van der Waals surface area contributed by atoms with Crippen LogP contribution < -0.4 is 18.9 Å². The Morgan fingerprint density at radius 2 is 1.78 bits per heavy atom. The number of nitrogens with zero attached hydrogens (tertiary/aromatic N) is 3. The summed E-state index contributed by atoms with van der Waals surface area (Å²) >= 11 is 0.738. The van der Waals surface area contributed by atoms with Crippen molar-refractivity contribution in [3.63, 3.8) is 0 Å². The number of amides is 1. The molecule has 13 heteroatoms. The molecule has 0 unspecified atom stereocenters. The monoisotopic (exact) mass is 530 g/mol. The molecule has 0 atom stereocenters. The van der Waals surface area contributed by atoms with Crippen molar-refractivity contribution in [2.24, 2.45) is 9.39 Å². The highest BCUT2D eigenvalue weighted by atomic mass is 32.2. The number of hydrogen-bond donors (Lipinski definition) is 1. The van der Waals surface area contributed by atoms with E-state index >= 15 is 0 Å². The predicted octanol–water partition coefficient (Wildman–Crippen LogP) is 2.78. The van der Waals surface area contributed by atoms with E-state index in [1.165, 1.54) is 13.2 Å². The molecule has 0 radical (unpaired) electrons. The summed E-state index contributed by atoms with van der Waals surface area (Å²) < 4.78 is 49.9. The summed E-state index contributed by atoms with van der Waals surface area (Å²) in [7, 11) is -0.666.